The zero-order chi connectivity index (χ0) is 12.8. The maximum absolute atomic E-state index is 11.3. The van der Waals surface area contributed by atoms with Gasteiger partial charge in [-0.2, -0.15) is 0 Å². The van der Waals surface area contributed by atoms with Crippen molar-refractivity contribution in [3.8, 4) is 0 Å². The van der Waals surface area contributed by atoms with Gasteiger partial charge in [-0.3, -0.25) is 0 Å². The van der Waals surface area contributed by atoms with Crippen molar-refractivity contribution in [3.63, 3.8) is 0 Å². The molecule has 6 nitrogen and oxygen atoms in total. The van der Waals surface area contributed by atoms with Crippen LogP contribution in [-0.2, 0) is 19.9 Å². The van der Waals surface area contributed by atoms with Gasteiger partial charge < -0.3 is 5.32 Å². The van der Waals surface area contributed by atoms with Crippen LogP contribution in [0, 0.1) is 0 Å². The van der Waals surface area contributed by atoms with Crippen molar-refractivity contribution in [3.05, 3.63) is 0 Å². The summed E-state index contributed by atoms with van der Waals surface area (Å²) in [6.07, 6.45) is 0. The molecule has 0 fully saturated rings. The van der Waals surface area contributed by atoms with E-state index < -0.39 is 19.9 Å². The Bertz CT molecular complexity index is 388. The fourth-order valence-electron chi connectivity index (χ4n) is 1.10. The Kier molecular flexibility index (Phi) is 6.46. The Hall–Kier alpha value is -0.180. The molecular weight excluding hydrogens is 252 g/mol. The molecule has 0 bridgehead atoms. The van der Waals surface area contributed by atoms with E-state index in [1.165, 1.54) is 7.05 Å². The van der Waals surface area contributed by atoms with Crippen LogP contribution in [0.15, 0.2) is 0 Å². The first-order valence-corrected chi connectivity index (χ1v) is 8.55. The van der Waals surface area contributed by atoms with Gasteiger partial charge in [0.25, 0.3) is 0 Å². The molecule has 0 saturated heterocycles. The van der Waals surface area contributed by atoms with Gasteiger partial charge in [-0.25, -0.2) is 21.6 Å². The minimum Gasteiger partial charge on any atom is -0.312 e. The van der Waals surface area contributed by atoms with Crippen molar-refractivity contribution in [2.75, 3.05) is 30.9 Å². The van der Waals surface area contributed by atoms with E-state index in [0.29, 0.717) is 0 Å². The van der Waals surface area contributed by atoms with E-state index in [0.717, 1.165) is 0 Å². The van der Waals surface area contributed by atoms with Gasteiger partial charge in [0, 0.05) is 18.3 Å². The second-order valence-corrected chi connectivity index (χ2v) is 8.02. The van der Waals surface area contributed by atoms with Gasteiger partial charge in [0.2, 0.25) is 10.0 Å². The zero-order valence-corrected chi connectivity index (χ0v) is 11.5. The SMILES string of the molecule is CCS(=O)(=O)CC(C)NCCS(=O)(=O)NC. The van der Waals surface area contributed by atoms with Crippen molar-refractivity contribution >= 4 is 19.9 Å². The summed E-state index contributed by atoms with van der Waals surface area (Å²) < 4.78 is 46.8. The van der Waals surface area contributed by atoms with Gasteiger partial charge in [-0.05, 0) is 14.0 Å². The zero-order valence-electron chi connectivity index (χ0n) is 9.86. The highest BCUT2D eigenvalue weighted by Crippen LogP contribution is 1.94. The second kappa shape index (κ2) is 6.53. The third kappa shape index (κ3) is 7.15. The average molecular weight is 272 g/mol. The molecule has 0 rings (SSSR count). The molecule has 0 spiro atoms. The fourth-order valence-corrected chi connectivity index (χ4v) is 2.81. The smallest absolute Gasteiger partial charge is 0.212 e. The molecule has 8 heteroatoms. The molecule has 1 unspecified atom stereocenters. The normalized spacial score (nSPS) is 14.9. The van der Waals surface area contributed by atoms with E-state index in [1.54, 1.807) is 13.8 Å². The molecule has 0 aliphatic heterocycles. The lowest BCUT2D eigenvalue weighted by atomic mass is 10.4. The summed E-state index contributed by atoms with van der Waals surface area (Å²) >= 11 is 0. The third-order valence-corrected chi connectivity index (χ3v) is 5.37. The van der Waals surface area contributed by atoms with Gasteiger partial charge in [0.05, 0.1) is 11.5 Å². The molecule has 98 valence electrons. The highest BCUT2D eigenvalue weighted by atomic mass is 32.2. The Balaban J connectivity index is 3.97. The number of rotatable bonds is 8. The van der Waals surface area contributed by atoms with E-state index in [2.05, 4.69) is 10.0 Å². The predicted molar refractivity (Wildman–Crippen MR) is 64.6 cm³/mol. The molecule has 0 aromatic heterocycles. The maximum Gasteiger partial charge on any atom is 0.212 e. The minimum absolute atomic E-state index is 0.0309. The molecule has 0 aromatic carbocycles. The van der Waals surface area contributed by atoms with E-state index in [1.807, 2.05) is 0 Å². The molecule has 2 N–H and O–H groups in total. The van der Waals surface area contributed by atoms with Gasteiger partial charge in [0.1, 0.15) is 0 Å². The molecular formula is C8H20N2O4S2. The minimum atomic E-state index is -3.23. The summed E-state index contributed by atoms with van der Waals surface area (Å²) in [6, 6.07) is -0.239. The van der Waals surface area contributed by atoms with Crippen LogP contribution in [-0.4, -0.2) is 53.7 Å². The topological polar surface area (TPSA) is 92.3 Å². The highest BCUT2D eigenvalue weighted by molar-refractivity contribution is 7.91. The quantitative estimate of drug-likeness (QED) is 0.588. The molecule has 0 amide bonds. The standard InChI is InChI=1S/C8H20N2O4S2/c1-4-15(11,12)7-8(2)10-5-6-16(13,14)9-3/h8-10H,4-7H2,1-3H3. The summed E-state index contributed by atoms with van der Waals surface area (Å²) in [5.41, 5.74) is 0. The Morgan fingerprint density at radius 3 is 2.19 bits per heavy atom. The fraction of sp³-hybridized carbons (Fsp3) is 1.00. The first-order valence-electron chi connectivity index (χ1n) is 5.07. The maximum atomic E-state index is 11.3. The van der Waals surface area contributed by atoms with Gasteiger partial charge in [0.15, 0.2) is 9.84 Å². The number of nitrogens with one attached hydrogen (secondary N) is 2. The Morgan fingerprint density at radius 1 is 1.19 bits per heavy atom. The molecule has 0 radical (unpaired) electrons. The number of sulfonamides is 1. The van der Waals surface area contributed by atoms with Crippen molar-refractivity contribution in [1.82, 2.24) is 10.0 Å². The lowest BCUT2D eigenvalue weighted by molar-refractivity contribution is 0.559. The largest absolute Gasteiger partial charge is 0.312 e. The van der Waals surface area contributed by atoms with Crippen LogP contribution >= 0.6 is 0 Å². The van der Waals surface area contributed by atoms with Crippen molar-refractivity contribution in [2.24, 2.45) is 0 Å². The lowest BCUT2D eigenvalue weighted by Crippen LogP contribution is -2.38. The van der Waals surface area contributed by atoms with E-state index in [-0.39, 0.29) is 29.8 Å². The van der Waals surface area contributed by atoms with Crippen LogP contribution in [0.4, 0.5) is 0 Å². The van der Waals surface area contributed by atoms with Crippen LogP contribution in [0.3, 0.4) is 0 Å². The van der Waals surface area contributed by atoms with Crippen LogP contribution in [0.1, 0.15) is 13.8 Å². The summed E-state index contributed by atoms with van der Waals surface area (Å²) in [5, 5.41) is 2.87. The molecule has 0 aromatic rings. The van der Waals surface area contributed by atoms with Crippen molar-refractivity contribution in [2.45, 2.75) is 19.9 Å². The molecule has 0 aliphatic carbocycles. The lowest BCUT2D eigenvalue weighted by Gasteiger charge is -2.13. The number of sulfone groups is 1. The summed E-state index contributed by atoms with van der Waals surface area (Å²) in [5.74, 6) is 0.0803. The Labute approximate surface area is 97.8 Å². The second-order valence-electron chi connectivity index (χ2n) is 3.58. The summed E-state index contributed by atoms with van der Waals surface area (Å²) in [6.45, 7) is 3.55. The van der Waals surface area contributed by atoms with Crippen molar-refractivity contribution in [1.29, 1.82) is 0 Å². The number of hydrogen-bond acceptors (Lipinski definition) is 5. The summed E-state index contributed by atoms with van der Waals surface area (Å²) in [4.78, 5) is 0. The molecule has 16 heavy (non-hydrogen) atoms. The molecule has 0 saturated carbocycles. The molecule has 1 atom stereocenters. The molecule has 0 aliphatic rings. The van der Waals surface area contributed by atoms with Gasteiger partial charge in [-0.1, -0.05) is 6.92 Å². The third-order valence-electron chi connectivity index (χ3n) is 2.12. The molecule has 0 heterocycles. The van der Waals surface area contributed by atoms with Crippen LogP contribution in [0.5, 0.6) is 0 Å². The van der Waals surface area contributed by atoms with Gasteiger partial charge >= 0.3 is 0 Å². The van der Waals surface area contributed by atoms with Gasteiger partial charge in [-0.15, -0.1) is 0 Å². The number of hydrogen-bond donors (Lipinski definition) is 2. The van der Waals surface area contributed by atoms with E-state index in [4.69, 9.17) is 0 Å². The van der Waals surface area contributed by atoms with Crippen molar-refractivity contribution < 1.29 is 16.8 Å². The highest BCUT2D eigenvalue weighted by Gasteiger charge is 2.14. The first kappa shape index (κ1) is 15.8. The summed E-state index contributed by atoms with van der Waals surface area (Å²) in [7, 11) is -4.90. The Morgan fingerprint density at radius 2 is 1.75 bits per heavy atom. The first-order chi connectivity index (χ1) is 7.22. The van der Waals surface area contributed by atoms with Crippen LogP contribution in [0.25, 0.3) is 0 Å². The van der Waals surface area contributed by atoms with E-state index in [9.17, 15) is 16.8 Å². The van der Waals surface area contributed by atoms with E-state index >= 15 is 0 Å². The average Bonchev–Trinajstić information content (AvgIpc) is 2.17. The van der Waals surface area contributed by atoms with Crippen LogP contribution in [0.2, 0.25) is 0 Å². The van der Waals surface area contributed by atoms with Crippen LogP contribution < -0.4 is 10.0 Å². The predicted octanol–water partition coefficient (Wildman–Crippen LogP) is -1.05. The monoisotopic (exact) mass is 272 g/mol.